The number of carbonyl (C=O) groups is 2. The minimum atomic E-state index is -0.818. The highest BCUT2D eigenvalue weighted by Gasteiger charge is 2.34. The first kappa shape index (κ1) is 43.8. The molecule has 2 fully saturated rings. The second kappa shape index (κ2) is 17.5. The summed E-state index contributed by atoms with van der Waals surface area (Å²) in [7, 11) is 0. The maximum atomic E-state index is 14.0. The summed E-state index contributed by atoms with van der Waals surface area (Å²) in [5.41, 5.74) is 8.28. The van der Waals surface area contributed by atoms with Crippen molar-refractivity contribution in [1.82, 2.24) is 39.0 Å². The molecule has 2 amide bonds. The van der Waals surface area contributed by atoms with Crippen molar-refractivity contribution in [2.75, 3.05) is 0 Å². The van der Waals surface area contributed by atoms with Gasteiger partial charge in [-0.25, -0.2) is 36.6 Å². The fourth-order valence-electron chi connectivity index (χ4n) is 9.03. The molecule has 0 bridgehead atoms. The van der Waals surface area contributed by atoms with Gasteiger partial charge >= 0.3 is 0 Å². The highest BCUT2D eigenvalue weighted by atomic mass is 35.5. The number of aromatic nitrogens is 6. The third-order valence-corrected chi connectivity index (χ3v) is 13.7. The van der Waals surface area contributed by atoms with Crippen molar-refractivity contribution >= 4 is 46.3 Å². The molecule has 2 aliphatic carbocycles. The van der Waals surface area contributed by atoms with Gasteiger partial charge in [0.1, 0.15) is 35.5 Å². The van der Waals surface area contributed by atoms with Crippen LogP contribution in [0.25, 0.3) is 11.3 Å². The fourth-order valence-corrected chi connectivity index (χ4v) is 9.28. The topological polar surface area (TPSA) is 119 Å². The first-order valence-corrected chi connectivity index (χ1v) is 22.2. The van der Waals surface area contributed by atoms with Crippen molar-refractivity contribution in [1.29, 1.82) is 0 Å². The summed E-state index contributed by atoms with van der Waals surface area (Å²) in [5.74, 6) is -1.09. The largest absolute Gasteiger partial charge is 0.489 e. The zero-order chi connectivity index (χ0) is 45.1. The van der Waals surface area contributed by atoms with Crippen molar-refractivity contribution in [3.63, 3.8) is 0 Å². The van der Waals surface area contributed by atoms with E-state index in [0.29, 0.717) is 121 Å². The number of amides is 2. The van der Waals surface area contributed by atoms with Gasteiger partial charge in [0.25, 0.3) is 11.8 Å². The molecule has 0 N–H and O–H groups in total. The van der Waals surface area contributed by atoms with E-state index in [9.17, 15) is 27.2 Å². The molecule has 64 heavy (non-hydrogen) atoms. The molecule has 18 heteroatoms. The van der Waals surface area contributed by atoms with Crippen LogP contribution >= 0.6 is 23.2 Å². The quantitative estimate of drug-likeness (QED) is 0.152. The number of halogens is 6. The Balaban J connectivity index is 0.000000162. The molecule has 336 valence electrons. The maximum absolute atomic E-state index is 14.0. The number of benzene rings is 2. The van der Waals surface area contributed by atoms with Crippen LogP contribution in [0.2, 0.25) is 10.0 Å². The highest BCUT2D eigenvalue weighted by molar-refractivity contribution is 6.32. The second-order valence-electron chi connectivity index (χ2n) is 17.1. The van der Waals surface area contributed by atoms with E-state index in [0.717, 1.165) is 33.9 Å². The van der Waals surface area contributed by atoms with Gasteiger partial charge in [0.15, 0.2) is 11.3 Å². The van der Waals surface area contributed by atoms with Crippen LogP contribution in [-0.4, -0.2) is 75.4 Å². The van der Waals surface area contributed by atoms with E-state index in [4.69, 9.17) is 32.7 Å². The Bertz CT molecular complexity index is 2630. The first-order valence-electron chi connectivity index (χ1n) is 21.5. The molecule has 2 saturated carbocycles. The average Bonchev–Trinajstić information content (AvgIpc) is 4.05. The minimum Gasteiger partial charge on any atom is -0.489 e. The molecule has 0 unspecified atom stereocenters. The number of carbonyl (C=O) groups excluding carboxylic acids is 2. The lowest BCUT2D eigenvalue weighted by molar-refractivity contribution is 0.0724. The molecule has 0 saturated heterocycles. The zero-order valence-electron chi connectivity index (χ0n) is 35.7. The molecule has 4 aliphatic rings. The molecule has 2 aliphatic heterocycles. The van der Waals surface area contributed by atoms with Gasteiger partial charge in [0, 0.05) is 23.3 Å². The molecule has 10 rings (SSSR count). The SMILES string of the molecule is Cc1nc2c3c(nn2c(C)c1Cl)CN(C(=O)c1ccc(F)cc1OC1CCC(F)CC1)C3.Cc1nc2c3c(nn2c(C)c1Cl)CN(C(=O)c1ccc(F)cc1OC1CCC(F)CC1)C3. The van der Waals surface area contributed by atoms with Gasteiger partial charge in [0.2, 0.25) is 0 Å². The molecule has 6 aromatic rings. The molecule has 0 atom stereocenters. The number of hydrogen-bond acceptors (Lipinski definition) is 8. The standard InChI is InChI=1S/2C23H23ClF2N4O2/c2*1-12-21(24)13(2)30-22(27-12)18-10-29(11-19(18)28-30)23(31)17-8-5-15(26)9-20(17)32-16-6-3-14(25)4-7-16/h2*5,8-9,14,16H,3-4,6-7,10-11H2,1-2H3. The molecule has 6 heterocycles. The van der Waals surface area contributed by atoms with E-state index < -0.39 is 24.0 Å². The summed E-state index contributed by atoms with van der Waals surface area (Å²) in [6.45, 7) is 8.76. The van der Waals surface area contributed by atoms with Crippen LogP contribution < -0.4 is 9.47 Å². The van der Waals surface area contributed by atoms with Crippen molar-refractivity contribution in [2.24, 2.45) is 0 Å². The number of fused-ring (bicyclic) bond motifs is 6. The van der Waals surface area contributed by atoms with Crippen molar-refractivity contribution in [3.8, 4) is 11.5 Å². The summed E-state index contributed by atoms with van der Waals surface area (Å²) in [5, 5.41) is 10.4. The van der Waals surface area contributed by atoms with Gasteiger partial charge in [-0.15, -0.1) is 0 Å². The van der Waals surface area contributed by atoms with E-state index in [1.165, 1.54) is 36.4 Å². The summed E-state index contributed by atoms with van der Waals surface area (Å²) in [6, 6.07) is 7.87. The van der Waals surface area contributed by atoms with E-state index in [1.54, 1.807) is 18.8 Å². The Morgan fingerprint density at radius 1 is 0.594 bits per heavy atom. The van der Waals surface area contributed by atoms with Crippen molar-refractivity contribution in [2.45, 2.75) is 130 Å². The van der Waals surface area contributed by atoms with Crippen molar-refractivity contribution < 1.29 is 36.6 Å². The number of ether oxygens (including phenoxy) is 2. The summed E-state index contributed by atoms with van der Waals surface area (Å²) < 4.78 is 70.2. The van der Waals surface area contributed by atoms with E-state index in [1.807, 2.05) is 27.7 Å². The van der Waals surface area contributed by atoms with Crippen LogP contribution in [0.5, 0.6) is 11.5 Å². The number of nitrogens with zero attached hydrogens (tertiary/aromatic N) is 8. The smallest absolute Gasteiger partial charge is 0.258 e. The number of hydrogen-bond donors (Lipinski definition) is 0. The molecule has 2 aromatic carbocycles. The Morgan fingerprint density at radius 2 is 0.969 bits per heavy atom. The predicted octanol–water partition coefficient (Wildman–Crippen LogP) is 9.91. The monoisotopic (exact) mass is 920 g/mol. The van der Waals surface area contributed by atoms with Gasteiger partial charge < -0.3 is 19.3 Å². The molecule has 0 spiro atoms. The minimum absolute atomic E-state index is 0.202. The Morgan fingerprint density at radius 3 is 1.34 bits per heavy atom. The van der Waals surface area contributed by atoms with Crippen LogP contribution in [0.15, 0.2) is 36.4 Å². The highest BCUT2D eigenvalue weighted by Crippen LogP contribution is 2.36. The van der Waals surface area contributed by atoms with E-state index in [-0.39, 0.29) is 35.5 Å². The average molecular weight is 922 g/mol. The maximum Gasteiger partial charge on any atom is 0.258 e. The lowest BCUT2D eigenvalue weighted by Crippen LogP contribution is -2.29. The molecule has 0 radical (unpaired) electrons. The van der Waals surface area contributed by atoms with Gasteiger partial charge in [-0.1, -0.05) is 23.2 Å². The van der Waals surface area contributed by atoms with Crippen LogP contribution in [-0.2, 0) is 26.2 Å². The normalized spacial score (nSPS) is 20.6. The van der Waals surface area contributed by atoms with Crippen LogP contribution in [0, 0.1) is 39.3 Å². The second-order valence-corrected chi connectivity index (χ2v) is 17.9. The number of aryl methyl sites for hydroxylation is 4. The molecule has 12 nitrogen and oxygen atoms in total. The Labute approximate surface area is 376 Å². The lowest BCUT2D eigenvalue weighted by Gasteiger charge is -2.26. The van der Waals surface area contributed by atoms with E-state index in [2.05, 4.69) is 20.2 Å². The molecular weight excluding hydrogens is 875 g/mol. The van der Waals surface area contributed by atoms with Gasteiger partial charge in [-0.2, -0.15) is 10.2 Å². The number of rotatable bonds is 6. The Hall–Kier alpha value is -5.48. The van der Waals surface area contributed by atoms with Crippen LogP contribution in [0.4, 0.5) is 17.6 Å². The van der Waals surface area contributed by atoms with E-state index >= 15 is 0 Å². The number of alkyl halides is 2. The lowest BCUT2D eigenvalue weighted by atomic mass is 9.96. The van der Waals surface area contributed by atoms with Crippen LogP contribution in [0.1, 0.15) is 117 Å². The van der Waals surface area contributed by atoms with Crippen LogP contribution in [0.3, 0.4) is 0 Å². The third kappa shape index (κ3) is 8.34. The van der Waals surface area contributed by atoms with Gasteiger partial charge in [-0.3, -0.25) is 9.59 Å². The third-order valence-electron chi connectivity index (χ3n) is 12.6. The fraction of sp³-hybridized carbons (Fsp3) is 0.435. The first-order chi connectivity index (χ1) is 30.6. The molecule has 4 aromatic heterocycles. The predicted molar refractivity (Wildman–Crippen MR) is 230 cm³/mol. The zero-order valence-corrected chi connectivity index (χ0v) is 37.2. The van der Waals surface area contributed by atoms with Gasteiger partial charge in [0.05, 0.1) is 93.7 Å². The summed E-state index contributed by atoms with van der Waals surface area (Å²) in [4.78, 5) is 39.1. The summed E-state index contributed by atoms with van der Waals surface area (Å²) in [6.07, 6.45) is 1.76. The summed E-state index contributed by atoms with van der Waals surface area (Å²) >= 11 is 12.6. The van der Waals surface area contributed by atoms with Crippen molar-refractivity contribution in [3.05, 3.63) is 114 Å². The van der Waals surface area contributed by atoms with Gasteiger partial charge in [-0.05, 0) is 103 Å². The molecular formula is C46H46Cl2F4N8O4. The Kier molecular flexibility index (Phi) is 12.0.